The van der Waals surface area contributed by atoms with Crippen LogP contribution in [0.5, 0.6) is 0 Å². The molecule has 0 aliphatic heterocycles. The first kappa shape index (κ1) is 14.6. The molecule has 0 radical (unpaired) electrons. The Morgan fingerprint density at radius 3 is 2.20 bits per heavy atom. The van der Waals surface area contributed by atoms with Crippen LogP contribution in [0.3, 0.4) is 0 Å². The van der Waals surface area contributed by atoms with Crippen molar-refractivity contribution in [2.24, 2.45) is 5.10 Å². The van der Waals surface area contributed by atoms with Crippen molar-refractivity contribution >= 4 is 17.8 Å². The van der Waals surface area contributed by atoms with Crippen LogP contribution in [0.25, 0.3) is 0 Å². The third-order valence-corrected chi connectivity index (χ3v) is 3.00. The highest BCUT2D eigenvalue weighted by atomic mass is 35.5. The first-order valence-electron chi connectivity index (χ1n) is 6.11. The zero-order chi connectivity index (χ0) is 14.7. The summed E-state index contributed by atoms with van der Waals surface area (Å²) in [6, 6.07) is 7.21. The molecule has 0 fully saturated rings. The van der Waals surface area contributed by atoms with Crippen LogP contribution >= 0.6 is 11.6 Å². The molecule has 2 aromatic rings. The maximum absolute atomic E-state index is 9.65. The topological polar surface area (TPSA) is 83.5 Å². The normalized spacial score (nSPS) is 14.7. The summed E-state index contributed by atoms with van der Waals surface area (Å²) in [6.45, 7) is 3.11. The molecule has 20 heavy (non-hydrogen) atoms. The van der Waals surface area contributed by atoms with E-state index in [9.17, 15) is 10.2 Å². The molecule has 0 saturated heterocycles. The van der Waals surface area contributed by atoms with Crippen molar-refractivity contribution in [1.82, 2.24) is 14.9 Å². The van der Waals surface area contributed by atoms with Crippen molar-refractivity contribution in [3.63, 3.8) is 0 Å². The highest BCUT2D eigenvalue weighted by molar-refractivity contribution is 6.33. The smallest absolute Gasteiger partial charge is 0.182 e. The standard InChI is InChI=1S/C13H15ClN4O2/c1-8(19)12-16-17-13(9(2)20)18(12)15-7-10-5-3-4-6-11(10)14/h3-9,19-20H,1-2H3. The molecule has 0 saturated carbocycles. The number of rotatable bonds is 4. The van der Waals surface area contributed by atoms with Crippen LogP contribution < -0.4 is 0 Å². The average Bonchev–Trinajstić information content (AvgIpc) is 2.82. The summed E-state index contributed by atoms with van der Waals surface area (Å²) in [5.41, 5.74) is 0.718. The minimum atomic E-state index is -0.849. The molecule has 0 bridgehead atoms. The summed E-state index contributed by atoms with van der Waals surface area (Å²) in [5, 5.41) is 31.7. The lowest BCUT2D eigenvalue weighted by molar-refractivity contribution is 0.174. The molecule has 6 nitrogen and oxygen atoms in total. The van der Waals surface area contributed by atoms with Crippen LogP contribution in [-0.4, -0.2) is 31.3 Å². The number of benzene rings is 1. The number of aliphatic hydroxyl groups is 2. The monoisotopic (exact) mass is 294 g/mol. The van der Waals surface area contributed by atoms with Gasteiger partial charge in [-0.3, -0.25) is 0 Å². The van der Waals surface area contributed by atoms with Crippen molar-refractivity contribution in [3.05, 3.63) is 46.5 Å². The lowest BCUT2D eigenvalue weighted by Crippen LogP contribution is -2.08. The Morgan fingerprint density at radius 1 is 1.15 bits per heavy atom. The van der Waals surface area contributed by atoms with Crippen LogP contribution in [-0.2, 0) is 0 Å². The number of aliphatic hydroxyl groups excluding tert-OH is 2. The van der Waals surface area contributed by atoms with Crippen molar-refractivity contribution in [2.45, 2.75) is 26.1 Å². The Morgan fingerprint density at radius 2 is 1.70 bits per heavy atom. The Kier molecular flexibility index (Phi) is 4.49. The van der Waals surface area contributed by atoms with Gasteiger partial charge in [-0.05, 0) is 19.9 Å². The molecule has 106 valence electrons. The summed E-state index contributed by atoms with van der Waals surface area (Å²) in [4.78, 5) is 0. The van der Waals surface area contributed by atoms with Gasteiger partial charge in [-0.1, -0.05) is 29.8 Å². The molecular formula is C13H15ClN4O2. The number of hydrogen-bond donors (Lipinski definition) is 2. The van der Waals surface area contributed by atoms with Gasteiger partial charge in [-0.15, -0.1) is 10.2 Å². The third kappa shape index (κ3) is 3.04. The van der Waals surface area contributed by atoms with Crippen LogP contribution in [0, 0.1) is 0 Å². The second-order valence-electron chi connectivity index (χ2n) is 4.35. The van der Waals surface area contributed by atoms with Crippen molar-refractivity contribution in [1.29, 1.82) is 0 Å². The van der Waals surface area contributed by atoms with Crippen LogP contribution in [0.15, 0.2) is 29.4 Å². The minimum Gasteiger partial charge on any atom is -0.385 e. The largest absolute Gasteiger partial charge is 0.385 e. The fourth-order valence-electron chi connectivity index (χ4n) is 1.64. The van der Waals surface area contributed by atoms with Gasteiger partial charge >= 0.3 is 0 Å². The van der Waals surface area contributed by atoms with Crippen molar-refractivity contribution in [2.75, 3.05) is 0 Å². The van der Waals surface area contributed by atoms with Gasteiger partial charge in [-0.2, -0.15) is 9.78 Å². The van der Waals surface area contributed by atoms with Gasteiger partial charge in [-0.25, -0.2) is 0 Å². The fourth-order valence-corrected chi connectivity index (χ4v) is 1.83. The van der Waals surface area contributed by atoms with Crippen molar-refractivity contribution < 1.29 is 10.2 Å². The summed E-state index contributed by atoms with van der Waals surface area (Å²) in [5.74, 6) is 0.508. The molecule has 2 unspecified atom stereocenters. The first-order chi connectivity index (χ1) is 9.50. The molecule has 2 rings (SSSR count). The number of hydrogen-bond acceptors (Lipinski definition) is 5. The summed E-state index contributed by atoms with van der Waals surface area (Å²) in [6.07, 6.45) is -0.166. The van der Waals surface area contributed by atoms with E-state index in [2.05, 4.69) is 15.3 Å². The summed E-state index contributed by atoms with van der Waals surface area (Å²) >= 11 is 6.04. The second-order valence-corrected chi connectivity index (χ2v) is 4.75. The number of nitrogens with zero attached hydrogens (tertiary/aromatic N) is 4. The first-order valence-corrected chi connectivity index (χ1v) is 6.48. The van der Waals surface area contributed by atoms with Crippen LogP contribution in [0.4, 0.5) is 0 Å². The number of halogens is 1. The van der Waals surface area contributed by atoms with E-state index in [1.54, 1.807) is 26.0 Å². The fraction of sp³-hybridized carbons (Fsp3) is 0.308. The lowest BCUT2D eigenvalue weighted by Gasteiger charge is -2.07. The molecule has 0 aliphatic rings. The van der Waals surface area contributed by atoms with E-state index < -0.39 is 12.2 Å². The van der Waals surface area contributed by atoms with Crippen LogP contribution in [0.2, 0.25) is 5.02 Å². The Hall–Kier alpha value is -1.76. The van der Waals surface area contributed by atoms with Gasteiger partial charge in [0.15, 0.2) is 11.6 Å². The zero-order valence-electron chi connectivity index (χ0n) is 11.1. The van der Waals surface area contributed by atoms with E-state index in [1.165, 1.54) is 10.9 Å². The van der Waals surface area contributed by atoms with Gasteiger partial charge in [0.2, 0.25) is 0 Å². The van der Waals surface area contributed by atoms with E-state index in [0.29, 0.717) is 5.02 Å². The molecule has 7 heteroatoms. The SMILES string of the molecule is CC(O)c1nnc(C(C)O)n1N=Cc1ccccc1Cl. The molecule has 0 aliphatic carbocycles. The van der Waals surface area contributed by atoms with E-state index in [0.717, 1.165) is 5.56 Å². The third-order valence-electron chi connectivity index (χ3n) is 2.65. The predicted octanol–water partition coefficient (Wildman–Crippen LogP) is 1.92. The molecule has 0 spiro atoms. The lowest BCUT2D eigenvalue weighted by atomic mass is 10.2. The summed E-state index contributed by atoms with van der Waals surface area (Å²) < 4.78 is 1.32. The van der Waals surface area contributed by atoms with E-state index >= 15 is 0 Å². The molecule has 1 aromatic heterocycles. The minimum absolute atomic E-state index is 0.254. The second kappa shape index (κ2) is 6.13. The van der Waals surface area contributed by atoms with Gasteiger partial charge in [0.25, 0.3) is 0 Å². The van der Waals surface area contributed by atoms with Gasteiger partial charge in [0.1, 0.15) is 12.2 Å². The maximum Gasteiger partial charge on any atom is 0.182 e. The van der Waals surface area contributed by atoms with Gasteiger partial charge in [0, 0.05) is 10.6 Å². The van der Waals surface area contributed by atoms with E-state index in [1.807, 2.05) is 12.1 Å². The Bertz CT molecular complexity index is 597. The Balaban J connectivity index is 2.42. The molecular weight excluding hydrogens is 280 g/mol. The molecule has 2 atom stereocenters. The zero-order valence-corrected chi connectivity index (χ0v) is 11.9. The van der Waals surface area contributed by atoms with E-state index in [-0.39, 0.29) is 11.6 Å². The molecule has 0 amide bonds. The quantitative estimate of drug-likeness (QED) is 0.844. The number of aromatic nitrogens is 3. The average molecular weight is 295 g/mol. The highest BCUT2D eigenvalue weighted by Gasteiger charge is 2.18. The van der Waals surface area contributed by atoms with E-state index in [4.69, 9.17) is 11.6 Å². The van der Waals surface area contributed by atoms with Crippen LogP contribution in [0.1, 0.15) is 43.3 Å². The Labute approximate surface area is 121 Å². The molecule has 2 N–H and O–H groups in total. The predicted molar refractivity (Wildman–Crippen MR) is 75.7 cm³/mol. The molecule has 1 heterocycles. The van der Waals surface area contributed by atoms with Gasteiger partial charge in [0.05, 0.1) is 6.21 Å². The molecule has 1 aromatic carbocycles. The van der Waals surface area contributed by atoms with Gasteiger partial charge < -0.3 is 10.2 Å². The summed E-state index contributed by atoms with van der Waals surface area (Å²) in [7, 11) is 0. The maximum atomic E-state index is 9.65. The van der Waals surface area contributed by atoms with Crippen molar-refractivity contribution in [3.8, 4) is 0 Å². The highest BCUT2D eigenvalue weighted by Crippen LogP contribution is 2.17.